The summed E-state index contributed by atoms with van der Waals surface area (Å²) in [5, 5.41) is 7.28. The fourth-order valence-corrected chi connectivity index (χ4v) is 4.52. The van der Waals surface area contributed by atoms with E-state index in [1.165, 1.54) is 17.8 Å². The van der Waals surface area contributed by atoms with Crippen molar-refractivity contribution >= 4 is 44.6 Å². The number of carbonyl (C=O) groups excluding carboxylic acids is 1. The quantitative estimate of drug-likeness (QED) is 0.681. The number of benzene rings is 1. The van der Waals surface area contributed by atoms with Crippen molar-refractivity contribution in [1.82, 2.24) is 14.9 Å². The van der Waals surface area contributed by atoms with Gasteiger partial charge in [-0.15, -0.1) is 22.7 Å². The number of thiazole rings is 2. The van der Waals surface area contributed by atoms with Crippen LogP contribution >= 0.6 is 22.7 Å². The van der Waals surface area contributed by atoms with E-state index in [-0.39, 0.29) is 6.03 Å². The molecule has 1 saturated carbocycles. The molecule has 0 saturated heterocycles. The summed E-state index contributed by atoms with van der Waals surface area (Å²) in [4.78, 5) is 23.3. The first kappa shape index (κ1) is 16.5. The minimum atomic E-state index is -0.0645. The molecule has 1 N–H and O–H groups in total. The van der Waals surface area contributed by atoms with Crippen LogP contribution in [0.25, 0.3) is 10.2 Å². The number of nitrogens with zero attached hydrogens (tertiary/aromatic N) is 3. The molecule has 0 aliphatic heterocycles. The van der Waals surface area contributed by atoms with Crippen molar-refractivity contribution in [3.63, 3.8) is 0 Å². The second kappa shape index (κ2) is 7.09. The smallest absolute Gasteiger partial charge is 0.321 e. The first-order chi connectivity index (χ1) is 12.2. The number of nitrogens with one attached hydrogen (secondary N) is 1. The Labute approximate surface area is 154 Å². The van der Waals surface area contributed by atoms with Crippen LogP contribution in [0.3, 0.4) is 0 Å². The minimum absolute atomic E-state index is 0.0645. The average molecular weight is 373 g/mol. The molecule has 5 nitrogen and oxygen atoms in total. The van der Waals surface area contributed by atoms with E-state index >= 15 is 0 Å². The second-order valence-corrected chi connectivity index (χ2v) is 8.24. The Kier molecular flexibility index (Phi) is 4.67. The Morgan fingerprint density at radius 1 is 1.40 bits per heavy atom. The second-order valence-electron chi connectivity index (χ2n) is 6.19. The van der Waals surface area contributed by atoms with Gasteiger partial charge < -0.3 is 10.2 Å². The number of hydrogen-bond acceptors (Lipinski definition) is 5. The van der Waals surface area contributed by atoms with Crippen LogP contribution < -0.4 is 5.32 Å². The van der Waals surface area contributed by atoms with E-state index in [9.17, 15) is 4.79 Å². The van der Waals surface area contributed by atoms with Crippen molar-refractivity contribution in [2.75, 3.05) is 18.4 Å². The van der Waals surface area contributed by atoms with Gasteiger partial charge in [0, 0.05) is 42.7 Å². The van der Waals surface area contributed by atoms with Crippen LogP contribution in [0.1, 0.15) is 35.7 Å². The van der Waals surface area contributed by atoms with Gasteiger partial charge in [-0.2, -0.15) is 0 Å². The highest BCUT2D eigenvalue weighted by Crippen LogP contribution is 2.43. The molecular weight excluding hydrogens is 352 g/mol. The van der Waals surface area contributed by atoms with Crippen LogP contribution in [0, 0.1) is 0 Å². The summed E-state index contributed by atoms with van der Waals surface area (Å²) in [6.07, 6.45) is 5.11. The number of hydrogen-bond donors (Lipinski definition) is 1. The van der Waals surface area contributed by atoms with Crippen molar-refractivity contribution < 1.29 is 4.79 Å². The number of urea groups is 1. The lowest BCUT2D eigenvalue weighted by Crippen LogP contribution is -2.36. The maximum atomic E-state index is 12.5. The number of aromatic nitrogens is 2. The van der Waals surface area contributed by atoms with E-state index in [4.69, 9.17) is 4.98 Å². The largest absolute Gasteiger partial charge is 0.324 e. The van der Waals surface area contributed by atoms with Gasteiger partial charge >= 0.3 is 6.03 Å². The standard InChI is InChI=1S/C18H20N4OS2/c1-2-22(9-7-16-19-8-10-24-16)18(23)20-13-5-6-14-15(11-13)25-17(21-14)12-3-4-12/h5-6,8,10-12H,2-4,7,9H2,1H3,(H,20,23). The molecule has 2 heterocycles. The normalized spacial score (nSPS) is 14.0. The van der Waals surface area contributed by atoms with E-state index in [2.05, 4.69) is 10.3 Å². The SMILES string of the molecule is CCN(CCc1nccs1)C(=O)Nc1ccc2nc(C3CC3)sc2c1. The Balaban J connectivity index is 1.42. The first-order valence-corrected chi connectivity index (χ1v) is 10.3. The molecule has 1 fully saturated rings. The number of carbonyl (C=O) groups is 1. The summed E-state index contributed by atoms with van der Waals surface area (Å²) in [6.45, 7) is 3.34. The fraction of sp³-hybridized carbons (Fsp3) is 0.389. The Bertz CT molecular complexity index is 870. The van der Waals surface area contributed by atoms with Crippen LogP contribution in [0.5, 0.6) is 0 Å². The monoisotopic (exact) mass is 372 g/mol. The van der Waals surface area contributed by atoms with E-state index in [1.807, 2.05) is 35.4 Å². The molecule has 0 bridgehead atoms. The molecule has 1 aliphatic carbocycles. The number of amides is 2. The zero-order chi connectivity index (χ0) is 17.2. The maximum Gasteiger partial charge on any atom is 0.321 e. The van der Waals surface area contributed by atoms with E-state index in [0.717, 1.165) is 27.3 Å². The van der Waals surface area contributed by atoms with E-state index in [0.29, 0.717) is 19.0 Å². The lowest BCUT2D eigenvalue weighted by atomic mass is 10.3. The van der Waals surface area contributed by atoms with Crippen molar-refractivity contribution in [3.8, 4) is 0 Å². The van der Waals surface area contributed by atoms with Crippen molar-refractivity contribution in [3.05, 3.63) is 39.8 Å². The fourth-order valence-electron chi connectivity index (χ4n) is 2.74. The van der Waals surface area contributed by atoms with E-state index in [1.54, 1.807) is 28.9 Å². The van der Waals surface area contributed by atoms with Crippen LogP contribution in [0.4, 0.5) is 10.5 Å². The molecule has 1 aliphatic rings. The van der Waals surface area contributed by atoms with Crippen LogP contribution in [0.15, 0.2) is 29.8 Å². The molecule has 2 amide bonds. The third kappa shape index (κ3) is 3.82. The van der Waals surface area contributed by atoms with Gasteiger partial charge in [0.1, 0.15) is 0 Å². The molecule has 4 rings (SSSR count). The number of anilines is 1. The number of rotatable bonds is 6. The highest BCUT2D eigenvalue weighted by molar-refractivity contribution is 7.18. The number of likely N-dealkylation sites (N-methyl/N-ethyl adjacent to an activating group) is 1. The molecule has 130 valence electrons. The van der Waals surface area contributed by atoms with Gasteiger partial charge in [0.15, 0.2) is 0 Å². The van der Waals surface area contributed by atoms with Gasteiger partial charge in [-0.25, -0.2) is 14.8 Å². The lowest BCUT2D eigenvalue weighted by molar-refractivity contribution is 0.215. The first-order valence-electron chi connectivity index (χ1n) is 8.57. The summed E-state index contributed by atoms with van der Waals surface area (Å²) in [5.74, 6) is 0.664. The molecule has 7 heteroatoms. The van der Waals surface area contributed by atoms with E-state index < -0.39 is 0 Å². The van der Waals surface area contributed by atoms with Gasteiger partial charge in [0.05, 0.1) is 20.2 Å². The van der Waals surface area contributed by atoms with Gasteiger partial charge in [0.2, 0.25) is 0 Å². The molecule has 25 heavy (non-hydrogen) atoms. The predicted molar refractivity (Wildman–Crippen MR) is 104 cm³/mol. The van der Waals surface area contributed by atoms with Gasteiger partial charge in [-0.1, -0.05) is 0 Å². The third-order valence-electron chi connectivity index (χ3n) is 4.33. The van der Waals surface area contributed by atoms with Crippen molar-refractivity contribution in [2.24, 2.45) is 0 Å². The summed E-state index contributed by atoms with van der Waals surface area (Å²) < 4.78 is 1.14. The molecule has 0 atom stereocenters. The topological polar surface area (TPSA) is 58.1 Å². The zero-order valence-electron chi connectivity index (χ0n) is 14.1. The summed E-state index contributed by atoms with van der Waals surface area (Å²) >= 11 is 3.38. The predicted octanol–water partition coefficient (Wildman–Crippen LogP) is 4.73. The summed E-state index contributed by atoms with van der Waals surface area (Å²) in [6, 6.07) is 5.90. The summed E-state index contributed by atoms with van der Waals surface area (Å²) in [7, 11) is 0. The molecule has 0 spiro atoms. The summed E-state index contributed by atoms with van der Waals surface area (Å²) in [5.41, 5.74) is 1.86. The molecule has 2 aromatic heterocycles. The van der Waals surface area contributed by atoms with Crippen LogP contribution in [-0.2, 0) is 6.42 Å². The lowest BCUT2D eigenvalue weighted by Gasteiger charge is -2.20. The van der Waals surface area contributed by atoms with Crippen molar-refractivity contribution in [1.29, 1.82) is 0 Å². The maximum absolute atomic E-state index is 12.5. The molecule has 1 aromatic carbocycles. The Morgan fingerprint density at radius 3 is 3.00 bits per heavy atom. The molecule has 0 unspecified atom stereocenters. The molecule has 0 radical (unpaired) electrons. The zero-order valence-corrected chi connectivity index (χ0v) is 15.7. The minimum Gasteiger partial charge on any atom is -0.324 e. The number of fused-ring (bicyclic) bond motifs is 1. The highest BCUT2D eigenvalue weighted by Gasteiger charge is 2.27. The Morgan fingerprint density at radius 2 is 2.28 bits per heavy atom. The average Bonchev–Trinajstić information content (AvgIpc) is 3.16. The molecule has 3 aromatic rings. The van der Waals surface area contributed by atoms with Gasteiger partial charge in [-0.3, -0.25) is 0 Å². The van der Waals surface area contributed by atoms with Crippen molar-refractivity contribution in [2.45, 2.75) is 32.1 Å². The van der Waals surface area contributed by atoms with Gasteiger partial charge in [0.25, 0.3) is 0 Å². The third-order valence-corrected chi connectivity index (χ3v) is 6.35. The Hall–Kier alpha value is -1.99. The molecular formula is C18H20N4OS2. The highest BCUT2D eigenvalue weighted by atomic mass is 32.1. The van der Waals surface area contributed by atoms with Crippen LogP contribution in [-0.4, -0.2) is 34.0 Å². The van der Waals surface area contributed by atoms with Crippen LogP contribution in [0.2, 0.25) is 0 Å². The van der Waals surface area contributed by atoms with Gasteiger partial charge in [-0.05, 0) is 38.0 Å².